The van der Waals surface area contributed by atoms with E-state index >= 15 is 0 Å². The fraction of sp³-hybridized carbons (Fsp3) is 0.200. The van der Waals surface area contributed by atoms with Crippen molar-refractivity contribution in [1.82, 2.24) is 4.98 Å². The largest absolute Gasteiger partial charge is 0.364 e. The Labute approximate surface area is 36.0 Å². The molecule has 1 aliphatic rings. The van der Waals surface area contributed by atoms with Crippen molar-refractivity contribution in [1.29, 1.82) is 0 Å². The van der Waals surface area contributed by atoms with E-state index < -0.39 is 0 Å². The first-order valence-electron chi connectivity index (χ1n) is 2.12. The highest BCUT2D eigenvalue weighted by molar-refractivity contribution is 5.39. The van der Waals surface area contributed by atoms with E-state index in [1.807, 2.05) is 6.20 Å². The van der Waals surface area contributed by atoms with Crippen molar-refractivity contribution in [2.45, 2.75) is 6.42 Å². The summed E-state index contributed by atoms with van der Waals surface area (Å²) in [5.74, 6) is 0. The van der Waals surface area contributed by atoms with Crippen LogP contribution in [0.15, 0.2) is 12.3 Å². The predicted octanol–water partition coefficient (Wildman–Crippen LogP) is 0.919. The number of aromatic amines is 1. The third kappa shape index (κ3) is 0.134. The summed E-state index contributed by atoms with van der Waals surface area (Å²) >= 11 is 0. The van der Waals surface area contributed by atoms with Crippen LogP contribution in [0.2, 0.25) is 0 Å². The predicted molar refractivity (Wildman–Crippen MR) is 23.6 cm³/mol. The number of aromatic nitrogens is 1. The Balaban J connectivity index is 2.88. The van der Waals surface area contributed by atoms with Crippen LogP contribution in [0.4, 0.5) is 0 Å². The molecule has 0 saturated carbocycles. The number of nitrogens with one attached hydrogen (secondary N) is 1. The van der Waals surface area contributed by atoms with E-state index in [0.717, 1.165) is 0 Å². The van der Waals surface area contributed by atoms with Crippen LogP contribution in [0.5, 0.6) is 0 Å². The summed E-state index contributed by atoms with van der Waals surface area (Å²) in [6.45, 7) is 0. The zero-order chi connectivity index (χ0) is 3.98. The summed E-state index contributed by atoms with van der Waals surface area (Å²) in [4.78, 5) is 3.09. The van der Waals surface area contributed by atoms with Gasteiger partial charge in [-0.2, -0.15) is 0 Å². The second kappa shape index (κ2) is 0.535. The van der Waals surface area contributed by atoms with Crippen molar-refractivity contribution in [3.63, 3.8) is 0 Å². The van der Waals surface area contributed by atoms with Crippen LogP contribution in [-0.4, -0.2) is 4.98 Å². The van der Waals surface area contributed by atoms with Gasteiger partial charge in [-0.15, -0.1) is 0 Å². The molecule has 0 spiro atoms. The van der Waals surface area contributed by atoms with Crippen LogP contribution >= 0.6 is 0 Å². The molecule has 2 rings (SSSR count). The number of H-pyrrole nitrogens is 1. The lowest BCUT2D eigenvalue weighted by atomic mass is 10.6. The van der Waals surface area contributed by atoms with Crippen molar-refractivity contribution < 1.29 is 0 Å². The molecule has 0 aromatic carbocycles. The lowest BCUT2D eigenvalue weighted by molar-refractivity contribution is 1.30. The molecule has 0 radical (unpaired) electrons. The van der Waals surface area contributed by atoms with E-state index in [0.29, 0.717) is 0 Å². The number of hydrogen-bond acceptors (Lipinski definition) is 0. The highest BCUT2D eigenvalue weighted by Gasteiger charge is 2.15. The smallest absolute Gasteiger partial charge is 0.0228 e. The molecule has 0 bridgehead atoms. The van der Waals surface area contributed by atoms with Crippen molar-refractivity contribution >= 4 is 0 Å². The molecule has 0 fully saturated rings. The molecule has 0 amide bonds. The van der Waals surface area contributed by atoms with Crippen LogP contribution in [0, 0.1) is 0 Å². The van der Waals surface area contributed by atoms with Crippen molar-refractivity contribution in [2.75, 3.05) is 0 Å². The minimum Gasteiger partial charge on any atom is -0.364 e. The molecule has 0 atom stereocenters. The molecule has 1 aliphatic carbocycles. The first kappa shape index (κ1) is 2.45. The highest BCUT2D eigenvalue weighted by atomic mass is 14.7. The van der Waals surface area contributed by atoms with E-state index in [1.54, 1.807) is 0 Å². The van der Waals surface area contributed by atoms with Gasteiger partial charge in [-0.3, -0.25) is 0 Å². The van der Waals surface area contributed by atoms with Crippen LogP contribution in [-0.2, 0) is 6.42 Å². The van der Waals surface area contributed by atoms with Gasteiger partial charge in [0, 0.05) is 18.3 Å². The van der Waals surface area contributed by atoms with Gasteiger partial charge >= 0.3 is 0 Å². The second-order valence-electron chi connectivity index (χ2n) is 1.66. The molecule has 0 unspecified atom stereocenters. The van der Waals surface area contributed by atoms with Gasteiger partial charge in [0.25, 0.3) is 0 Å². The Bertz CT molecular complexity index is 148. The Hall–Kier alpha value is -0.720. The summed E-state index contributed by atoms with van der Waals surface area (Å²) in [7, 11) is 0. The normalized spacial score (nSPS) is 14.0. The van der Waals surface area contributed by atoms with E-state index in [4.69, 9.17) is 0 Å². The molecule has 30 valence electrons. The molecule has 6 heavy (non-hydrogen) atoms. The minimum absolute atomic E-state index is 1.22. The van der Waals surface area contributed by atoms with Crippen LogP contribution < -0.4 is 0 Å². The Morgan fingerprint density at radius 1 is 1.67 bits per heavy atom. The SMILES string of the molecule is c1cc2c([nH]1)C2. The first-order valence-corrected chi connectivity index (χ1v) is 2.12. The minimum atomic E-state index is 1.22. The Morgan fingerprint density at radius 2 is 2.67 bits per heavy atom. The van der Waals surface area contributed by atoms with Gasteiger partial charge < -0.3 is 4.98 Å². The maximum atomic E-state index is 3.09. The molecule has 1 aromatic rings. The van der Waals surface area contributed by atoms with E-state index in [9.17, 15) is 0 Å². The number of rotatable bonds is 0. The molecule has 1 heterocycles. The average Bonchev–Trinajstić information content (AvgIpc) is 2.17. The zero-order valence-corrected chi connectivity index (χ0v) is 3.36. The van der Waals surface area contributed by atoms with Gasteiger partial charge in [0.05, 0.1) is 0 Å². The molecule has 1 heteroatoms. The lowest BCUT2D eigenvalue weighted by Crippen LogP contribution is -1.54. The monoisotopic (exact) mass is 79.0 g/mol. The molecular formula is C5H5N. The Morgan fingerprint density at radius 3 is 2.83 bits per heavy atom. The standard InChI is InChI=1S/C5H5N/c1-2-6-5-3-4(1)5/h1-2,6H,3H2. The zero-order valence-electron chi connectivity index (χ0n) is 3.36. The fourth-order valence-electron chi connectivity index (χ4n) is 0.692. The molecule has 1 aromatic heterocycles. The van der Waals surface area contributed by atoms with E-state index in [1.165, 1.54) is 17.7 Å². The summed E-state index contributed by atoms with van der Waals surface area (Å²) in [6, 6.07) is 2.12. The van der Waals surface area contributed by atoms with Gasteiger partial charge in [-0.25, -0.2) is 0 Å². The molecule has 1 nitrogen and oxygen atoms in total. The van der Waals surface area contributed by atoms with Crippen LogP contribution in [0.1, 0.15) is 11.3 Å². The molecule has 0 aliphatic heterocycles. The summed E-state index contributed by atoms with van der Waals surface area (Å²) in [5, 5.41) is 0. The maximum absolute atomic E-state index is 3.09. The fourth-order valence-corrected chi connectivity index (χ4v) is 0.692. The average molecular weight is 79.1 g/mol. The van der Waals surface area contributed by atoms with Gasteiger partial charge in [0.2, 0.25) is 0 Å². The summed E-state index contributed by atoms with van der Waals surface area (Å²) in [6.07, 6.45) is 3.20. The van der Waals surface area contributed by atoms with Crippen molar-refractivity contribution in [3.05, 3.63) is 23.5 Å². The number of fused-ring (bicyclic) bond motifs is 1. The first-order chi connectivity index (χ1) is 2.97. The van der Waals surface area contributed by atoms with Crippen molar-refractivity contribution in [2.24, 2.45) is 0 Å². The summed E-state index contributed by atoms with van der Waals surface area (Å²) < 4.78 is 0. The third-order valence-electron chi connectivity index (χ3n) is 1.17. The lowest BCUT2D eigenvalue weighted by Gasteiger charge is -1.62. The topological polar surface area (TPSA) is 15.8 Å². The van der Waals surface area contributed by atoms with Crippen LogP contribution in [0.25, 0.3) is 0 Å². The van der Waals surface area contributed by atoms with Crippen molar-refractivity contribution in [3.8, 4) is 0 Å². The second-order valence-corrected chi connectivity index (χ2v) is 1.66. The Kier molecular flexibility index (Phi) is 0.219. The van der Waals surface area contributed by atoms with Crippen LogP contribution in [0.3, 0.4) is 0 Å². The van der Waals surface area contributed by atoms with Gasteiger partial charge in [0.1, 0.15) is 0 Å². The quantitative estimate of drug-likeness (QED) is 0.483. The maximum Gasteiger partial charge on any atom is 0.0228 e. The third-order valence-corrected chi connectivity index (χ3v) is 1.17. The molecule has 0 saturated heterocycles. The van der Waals surface area contributed by atoms with Gasteiger partial charge in [0.15, 0.2) is 0 Å². The van der Waals surface area contributed by atoms with E-state index in [2.05, 4.69) is 11.1 Å². The van der Waals surface area contributed by atoms with E-state index in [-0.39, 0.29) is 0 Å². The molecule has 1 N–H and O–H groups in total. The number of hydrogen-bond donors (Lipinski definition) is 1. The van der Waals surface area contributed by atoms with Gasteiger partial charge in [-0.05, 0) is 11.6 Å². The van der Waals surface area contributed by atoms with Gasteiger partial charge in [-0.1, -0.05) is 0 Å². The molecular weight excluding hydrogens is 74.1 g/mol. The summed E-state index contributed by atoms with van der Waals surface area (Å²) in [5.41, 5.74) is 2.92. The highest BCUT2D eigenvalue weighted by Crippen LogP contribution is 2.23.